The van der Waals surface area contributed by atoms with E-state index >= 15 is 0 Å². The van der Waals surface area contributed by atoms with Crippen LogP contribution in [0.25, 0.3) is 0 Å². The van der Waals surface area contributed by atoms with Crippen molar-refractivity contribution < 1.29 is 0 Å². The Morgan fingerprint density at radius 2 is 1.94 bits per heavy atom. The second-order valence-electron chi connectivity index (χ2n) is 6.82. The molecule has 16 heavy (non-hydrogen) atoms. The molecule has 2 atom stereocenters. The minimum atomic E-state index is 0.524. The molecule has 0 heterocycles. The van der Waals surface area contributed by atoms with Crippen molar-refractivity contribution in [2.75, 3.05) is 6.54 Å². The van der Waals surface area contributed by atoms with Gasteiger partial charge in [-0.25, -0.2) is 0 Å². The lowest BCUT2D eigenvalue weighted by Gasteiger charge is -2.39. The van der Waals surface area contributed by atoms with Gasteiger partial charge in [-0.3, -0.25) is 0 Å². The second-order valence-corrected chi connectivity index (χ2v) is 6.82. The van der Waals surface area contributed by atoms with E-state index in [9.17, 15) is 0 Å². The van der Waals surface area contributed by atoms with Crippen molar-refractivity contribution in [1.82, 2.24) is 5.32 Å². The average Bonchev–Trinajstić information content (AvgIpc) is 2.16. The summed E-state index contributed by atoms with van der Waals surface area (Å²) in [6, 6.07) is 0.626. The maximum absolute atomic E-state index is 3.55. The van der Waals surface area contributed by atoms with Crippen LogP contribution in [-0.2, 0) is 0 Å². The van der Waals surface area contributed by atoms with Crippen LogP contribution in [0.4, 0.5) is 0 Å². The van der Waals surface area contributed by atoms with Gasteiger partial charge in [-0.1, -0.05) is 47.5 Å². The van der Waals surface area contributed by atoms with Crippen molar-refractivity contribution in [1.29, 1.82) is 0 Å². The molecule has 1 N–H and O–H groups in total. The Kier molecular flexibility index (Phi) is 5.30. The van der Waals surface area contributed by atoms with Gasteiger partial charge in [-0.15, -0.1) is 0 Å². The molecule has 96 valence electrons. The van der Waals surface area contributed by atoms with Gasteiger partial charge in [0.15, 0.2) is 0 Å². The van der Waals surface area contributed by atoms with Gasteiger partial charge in [0.1, 0.15) is 0 Å². The fraction of sp³-hybridized carbons (Fsp3) is 1.00. The summed E-state index contributed by atoms with van der Waals surface area (Å²) in [5.74, 6) is 1.90. The first-order valence-corrected chi connectivity index (χ1v) is 7.15. The molecule has 0 spiro atoms. The highest BCUT2D eigenvalue weighted by Crippen LogP contribution is 2.42. The van der Waals surface area contributed by atoms with Gasteiger partial charge >= 0.3 is 0 Å². The molecule has 0 aromatic heterocycles. The first-order valence-electron chi connectivity index (χ1n) is 7.15. The van der Waals surface area contributed by atoms with Crippen molar-refractivity contribution in [3.8, 4) is 0 Å². The molecule has 0 bridgehead atoms. The first-order chi connectivity index (χ1) is 7.42. The summed E-state index contributed by atoms with van der Waals surface area (Å²) in [6.45, 7) is 13.0. The molecule has 1 aliphatic carbocycles. The zero-order valence-corrected chi connectivity index (χ0v) is 12.0. The number of hydrogen-bond acceptors (Lipinski definition) is 1. The summed E-state index contributed by atoms with van der Waals surface area (Å²) < 4.78 is 0. The molecular weight excluding hydrogens is 194 g/mol. The minimum Gasteiger partial charge on any atom is -0.315 e. The molecule has 1 rings (SSSR count). The lowest BCUT2D eigenvalue weighted by molar-refractivity contribution is 0.120. The van der Waals surface area contributed by atoms with E-state index in [0.717, 1.165) is 11.8 Å². The second kappa shape index (κ2) is 6.05. The molecule has 1 nitrogen and oxygen atoms in total. The molecule has 1 aliphatic rings. The average molecular weight is 225 g/mol. The van der Waals surface area contributed by atoms with E-state index in [1.54, 1.807) is 0 Å². The quantitative estimate of drug-likeness (QED) is 0.738. The number of nitrogens with one attached hydrogen (secondary N) is 1. The Morgan fingerprint density at radius 1 is 1.25 bits per heavy atom. The van der Waals surface area contributed by atoms with Gasteiger partial charge in [0, 0.05) is 6.04 Å². The summed E-state index contributed by atoms with van der Waals surface area (Å²) >= 11 is 0. The van der Waals surface area contributed by atoms with Crippen molar-refractivity contribution >= 4 is 0 Å². The Balaban J connectivity index is 2.36. The molecule has 1 heteroatoms. The van der Waals surface area contributed by atoms with E-state index in [0.29, 0.717) is 11.5 Å². The van der Waals surface area contributed by atoms with E-state index in [1.807, 2.05) is 0 Å². The van der Waals surface area contributed by atoms with Crippen LogP contribution >= 0.6 is 0 Å². The molecule has 0 aromatic carbocycles. The van der Waals surface area contributed by atoms with Crippen LogP contribution in [0.2, 0.25) is 0 Å². The number of hydrogen-bond donors (Lipinski definition) is 1. The highest BCUT2D eigenvalue weighted by molar-refractivity contribution is 4.83. The minimum absolute atomic E-state index is 0.524. The summed E-state index contributed by atoms with van der Waals surface area (Å²) in [6.07, 6.45) is 7.14. The predicted octanol–water partition coefficient (Wildman–Crippen LogP) is 4.23. The molecule has 1 fully saturated rings. The molecular formula is C15H31N. The van der Waals surface area contributed by atoms with Gasteiger partial charge in [0.05, 0.1) is 0 Å². The molecule has 2 unspecified atom stereocenters. The lowest BCUT2D eigenvalue weighted by atomic mass is 9.67. The van der Waals surface area contributed by atoms with E-state index in [-0.39, 0.29) is 0 Å². The maximum atomic E-state index is 3.55. The monoisotopic (exact) mass is 225 g/mol. The Hall–Kier alpha value is -0.0400. The zero-order chi connectivity index (χ0) is 12.2. The van der Waals surface area contributed by atoms with Crippen LogP contribution in [0, 0.1) is 17.3 Å². The zero-order valence-electron chi connectivity index (χ0n) is 12.0. The van der Waals surface area contributed by atoms with Crippen LogP contribution in [0.1, 0.15) is 66.7 Å². The standard InChI is InChI=1S/C15H31N/c1-12(2)16-10-9-15(4,5)14-8-6-7-13(3)11-14/h12-14,16H,6-11H2,1-5H3. The largest absolute Gasteiger partial charge is 0.315 e. The fourth-order valence-electron chi connectivity index (χ4n) is 3.03. The van der Waals surface area contributed by atoms with Crippen LogP contribution in [0.3, 0.4) is 0 Å². The molecule has 0 aliphatic heterocycles. The molecule has 1 saturated carbocycles. The van der Waals surface area contributed by atoms with Crippen molar-refractivity contribution in [2.45, 2.75) is 72.8 Å². The molecule has 0 radical (unpaired) electrons. The summed E-state index contributed by atoms with van der Waals surface area (Å²) in [4.78, 5) is 0. The summed E-state index contributed by atoms with van der Waals surface area (Å²) in [5.41, 5.74) is 0.524. The van der Waals surface area contributed by atoms with Gasteiger partial charge in [0.25, 0.3) is 0 Å². The fourth-order valence-corrected chi connectivity index (χ4v) is 3.03. The van der Waals surface area contributed by atoms with E-state index < -0.39 is 0 Å². The van der Waals surface area contributed by atoms with E-state index in [4.69, 9.17) is 0 Å². The molecule has 0 amide bonds. The van der Waals surface area contributed by atoms with Gasteiger partial charge in [0.2, 0.25) is 0 Å². The lowest BCUT2D eigenvalue weighted by Crippen LogP contribution is -2.33. The van der Waals surface area contributed by atoms with Crippen LogP contribution in [0.15, 0.2) is 0 Å². The first kappa shape index (κ1) is 14.0. The topological polar surface area (TPSA) is 12.0 Å². The highest BCUT2D eigenvalue weighted by atomic mass is 14.9. The third-order valence-electron chi connectivity index (χ3n) is 4.36. The normalized spacial score (nSPS) is 27.4. The van der Waals surface area contributed by atoms with Gasteiger partial charge in [-0.2, -0.15) is 0 Å². The van der Waals surface area contributed by atoms with E-state index in [2.05, 4.69) is 39.9 Å². The SMILES string of the molecule is CC1CCCC(C(C)(C)CCNC(C)C)C1. The number of rotatable bonds is 5. The van der Waals surface area contributed by atoms with Crippen LogP contribution in [-0.4, -0.2) is 12.6 Å². The van der Waals surface area contributed by atoms with Crippen LogP contribution in [0.5, 0.6) is 0 Å². The molecule has 0 aromatic rings. The van der Waals surface area contributed by atoms with Crippen molar-refractivity contribution in [3.63, 3.8) is 0 Å². The summed E-state index contributed by atoms with van der Waals surface area (Å²) in [7, 11) is 0. The van der Waals surface area contributed by atoms with Crippen LogP contribution < -0.4 is 5.32 Å². The Labute approximate surface area is 102 Å². The molecule has 0 saturated heterocycles. The third kappa shape index (κ3) is 4.45. The van der Waals surface area contributed by atoms with Crippen molar-refractivity contribution in [3.05, 3.63) is 0 Å². The predicted molar refractivity (Wildman–Crippen MR) is 72.7 cm³/mol. The van der Waals surface area contributed by atoms with Gasteiger partial charge < -0.3 is 5.32 Å². The smallest absolute Gasteiger partial charge is 0.00103 e. The third-order valence-corrected chi connectivity index (χ3v) is 4.36. The summed E-state index contributed by atoms with van der Waals surface area (Å²) in [5, 5.41) is 3.55. The highest BCUT2D eigenvalue weighted by Gasteiger charge is 2.32. The maximum Gasteiger partial charge on any atom is 0.00103 e. The van der Waals surface area contributed by atoms with E-state index in [1.165, 1.54) is 38.6 Å². The van der Waals surface area contributed by atoms with Gasteiger partial charge in [-0.05, 0) is 43.1 Å². The van der Waals surface area contributed by atoms with Crippen molar-refractivity contribution in [2.24, 2.45) is 17.3 Å². The Morgan fingerprint density at radius 3 is 2.50 bits per heavy atom. The Bertz CT molecular complexity index is 196.